The van der Waals surface area contributed by atoms with Crippen LogP contribution in [0.2, 0.25) is 0 Å². The lowest BCUT2D eigenvalue weighted by atomic mass is 10.2. The molecule has 4 aromatic rings. The molecule has 2 aromatic heterocycles. The highest BCUT2D eigenvalue weighted by molar-refractivity contribution is 7.15. The Labute approximate surface area is 171 Å². The molecule has 0 aliphatic rings. The van der Waals surface area contributed by atoms with E-state index in [0.29, 0.717) is 27.5 Å². The van der Waals surface area contributed by atoms with E-state index < -0.39 is 0 Å². The van der Waals surface area contributed by atoms with Gasteiger partial charge in [0.25, 0.3) is 5.56 Å². The summed E-state index contributed by atoms with van der Waals surface area (Å²) in [5, 5.41) is 4.33. The second kappa shape index (κ2) is 8.53. The Morgan fingerprint density at radius 1 is 1.14 bits per heavy atom. The average molecular weight is 409 g/mol. The second-order valence-electron chi connectivity index (χ2n) is 6.65. The predicted octanol–water partition coefficient (Wildman–Crippen LogP) is 4.07. The van der Waals surface area contributed by atoms with Gasteiger partial charge in [0.2, 0.25) is 4.96 Å². The molecule has 0 unspecified atom stereocenters. The van der Waals surface area contributed by atoms with Gasteiger partial charge in [-0.25, -0.2) is 4.39 Å². The minimum Gasteiger partial charge on any atom is -0.494 e. The monoisotopic (exact) mass is 409 g/mol. The van der Waals surface area contributed by atoms with E-state index in [0.717, 1.165) is 30.6 Å². The molecule has 2 heterocycles. The van der Waals surface area contributed by atoms with Gasteiger partial charge < -0.3 is 4.74 Å². The first-order valence-corrected chi connectivity index (χ1v) is 10.4. The van der Waals surface area contributed by atoms with Gasteiger partial charge in [-0.1, -0.05) is 49.3 Å². The van der Waals surface area contributed by atoms with Gasteiger partial charge in [-0.3, -0.25) is 4.79 Å². The van der Waals surface area contributed by atoms with Crippen molar-refractivity contribution in [1.29, 1.82) is 0 Å². The number of rotatable bonds is 7. The maximum atomic E-state index is 13.8. The topological polar surface area (TPSA) is 56.5 Å². The van der Waals surface area contributed by atoms with E-state index in [9.17, 15) is 9.18 Å². The first kappa shape index (κ1) is 19.3. The fraction of sp³-hybridized carbons (Fsp3) is 0.227. The van der Waals surface area contributed by atoms with Crippen molar-refractivity contribution in [1.82, 2.24) is 14.6 Å². The van der Waals surface area contributed by atoms with Gasteiger partial charge in [-0.05, 0) is 42.8 Å². The third kappa shape index (κ3) is 4.19. The van der Waals surface area contributed by atoms with Crippen molar-refractivity contribution in [2.45, 2.75) is 26.2 Å². The Balaban J connectivity index is 1.57. The van der Waals surface area contributed by atoms with Crippen molar-refractivity contribution in [3.8, 4) is 17.1 Å². The Kier molecular flexibility index (Phi) is 5.67. The van der Waals surface area contributed by atoms with Gasteiger partial charge in [-0.2, -0.15) is 9.50 Å². The van der Waals surface area contributed by atoms with Gasteiger partial charge in [-0.15, -0.1) is 5.10 Å². The Bertz CT molecular complexity index is 1230. The molecule has 148 valence electrons. The molecule has 0 aliphatic carbocycles. The minimum absolute atomic E-state index is 0.303. The number of benzene rings is 2. The number of fused-ring (bicyclic) bond motifs is 1. The molecular weight excluding hydrogens is 389 g/mol. The summed E-state index contributed by atoms with van der Waals surface area (Å²) in [7, 11) is 0. The normalized spacial score (nSPS) is 12.0. The zero-order valence-corrected chi connectivity index (χ0v) is 16.8. The van der Waals surface area contributed by atoms with Crippen LogP contribution in [-0.2, 0) is 0 Å². The van der Waals surface area contributed by atoms with Gasteiger partial charge in [0, 0.05) is 11.1 Å². The van der Waals surface area contributed by atoms with Crippen LogP contribution in [0.3, 0.4) is 0 Å². The van der Waals surface area contributed by atoms with E-state index in [1.807, 2.05) is 24.3 Å². The maximum absolute atomic E-state index is 13.8. The summed E-state index contributed by atoms with van der Waals surface area (Å²) in [6, 6.07) is 13.9. The highest BCUT2D eigenvalue weighted by atomic mass is 32.1. The van der Waals surface area contributed by atoms with Crippen LogP contribution in [0.4, 0.5) is 4.39 Å². The molecule has 29 heavy (non-hydrogen) atoms. The lowest BCUT2D eigenvalue weighted by molar-refractivity contribution is 0.306. The molecule has 0 saturated carbocycles. The van der Waals surface area contributed by atoms with Crippen LogP contribution in [0, 0.1) is 5.82 Å². The average Bonchev–Trinajstić information content (AvgIpc) is 3.27. The van der Waals surface area contributed by atoms with Crippen molar-refractivity contribution in [2.75, 3.05) is 6.61 Å². The van der Waals surface area contributed by atoms with Crippen molar-refractivity contribution < 1.29 is 9.13 Å². The number of halogens is 1. The summed E-state index contributed by atoms with van der Waals surface area (Å²) in [5.74, 6) is 0.907. The summed E-state index contributed by atoms with van der Waals surface area (Å²) in [6.45, 7) is 2.86. The number of unbranched alkanes of at least 4 members (excludes halogenated alkanes) is 2. The summed E-state index contributed by atoms with van der Waals surface area (Å²) >= 11 is 1.19. The van der Waals surface area contributed by atoms with Gasteiger partial charge in [0.05, 0.1) is 11.1 Å². The summed E-state index contributed by atoms with van der Waals surface area (Å²) in [4.78, 5) is 17.6. The second-order valence-corrected chi connectivity index (χ2v) is 7.66. The molecule has 5 nitrogen and oxygen atoms in total. The summed E-state index contributed by atoms with van der Waals surface area (Å²) in [6.07, 6.45) is 4.88. The van der Waals surface area contributed by atoms with E-state index in [1.165, 1.54) is 28.0 Å². The van der Waals surface area contributed by atoms with Crippen LogP contribution in [0.5, 0.6) is 5.75 Å². The van der Waals surface area contributed by atoms with Crippen LogP contribution < -0.4 is 14.8 Å². The molecule has 2 aromatic carbocycles. The third-order valence-electron chi connectivity index (χ3n) is 4.50. The van der Waals surface area contributed by atoms with Crippen LogP contribution in [-0.4, -0.2) is 21.2 Å². The first-order valence-electron chi connectivity index (χ1n) is 9.55. The van der Waals surface area contributed by atoms with Gasteiger partial charge in [0.1, 0.15) is 11.6 Å². The largest absolute Gasteiger partial charge is 0.494 e. The molecule has 0 bridgehead atoms. The number of aromatic nitrogens is 3. The van der Waals surface area contributed by atoms with E-state index in [4.69, 9.17) is 4.74 Å². The first-order chi connectivity index (χ1) is 14.2. The Hall–Kier alpha value is -3.06. The van der Waals surface area contributed by atoms with Crippen LogP contribution in [0.1, 0.15) is 31.7 Å². The Morgan fingerprint density at radius 2 is 1.93 bits per heavy atom. The van der Waals surface area contributed by atoms with E-state index >= 15 is 0 Å². The van der Waals surface area contributed by atoms with Crippen LogP contribution >= 0.6 is 11.3 Å². The van der Waals surface area contributed by atoms with Gasteiger partial charge in [0.15, 0.2) is 5.82 Å². The molecule has 0 N–H and O–H groups in total. The molecule has 4 rings (SSSR count). The number of nitrogens with zero attached hydrogens (tertiary/aromatic N) is 3. The van der Waals surface area contributed by atoms with E-state index in [2.05, 4.69) is 17.0 Å². The van der Waals surface area contributed by atoms with Gasteiger partial charge >= 0.3 is 0 Å². The molecule has 0 atom stereocenters. The number of thiazole rings is 1. The minimum atomic E-state index is -0.372. The zero-order chi connectivity index (χ0) is 20.2. The highest BCUT2D eigenvalue weighted by Gasteiger charge is 2.12. The zero-order valence-electron chi connectivity index (χ0n) is 16.0. The lowest BCUT2D eigenvalue weighted by Gasteiger charge is -2.05. The van der Waals surface area contributed by atoms with E-state index in [-0.39, 0.29) is 11.4 Å². The standard InChI is InChI=1S/C22H20FN3O2S/c1-2-3-6-13-28-17-11-9-15(10-12-17)20-24-22-26(25-20)21(27)19(29-22)14-16-7-4-5-8-18(16)23/h4-5,7-12,14H,2-3,6,13H2,1H3/b19-14-. The quantitative estimate of drug-likeness (QED) is 0.432. The van der Waals surface area contributed by atoms with Crippen molar-refractivity contribution >= 4 is 22.4 Å². The van der Waals surface area contributed by atoms with Crippen molar-refractivity contribution in [2.24, 2.45) is 0 Å². The molecular formula is C22H20FN3O2S. The van der Waals surface area contributed by atoms with Crippen LogP contribution in [0.25, 0.3) is 22.4 Å². The smallest absolute Gasteiger partial charge is 0.291 e. The number of hydrogen-bond donors (Lipinski definition) is 0. The lowest BCUT2D eigenvalue weighted by Crippen LogP contribution is -2.23. The molecule has 7 heteroatoms. The third-order valence-corrected chi connectivity index (χ3v) is 5.46. The SMILES string of the molecule is CCCCCOc1ccc(-c2nc3s/c(=C\c4ccccc4F)c(=O)n3n2)cc1. The molecule has 0 aliphatic heterocycles. The molecule has 0 radical (unpaired) electrons. The summed E-state index contributed by atoms with van der Waals surface area (Å²) < 4.78 is 21.2. The molecule has 0 fully saturated rings. The fourth-order valence-corrected chi connectivity index (χ4v) is 3.83. The van der Waals surface area contributed by atoms with E-state index in [1.54, 1.807) is 18.2 Å². The maximum Gasteiger partial charge on any atom is 0.291 e. The highest BCUT2D eigenvalue weighted by Crippen LogP contribution is 2.20. The summed E-state index contributed by atoms with van der Waals surface area (Å²) in [5.41, 5.74) is 0.868. The molecule has 0 saturated heterocycles. The molecule has 0 amide bonds. The number of ether oxygens (including phenoxy) is 1. The number of hydrogen-bond acceptors (Lipinski definition) is 5. The fourth-order valence-electron chi connectivity index (χ4n) is 2.93. The van der Waals surface area contributed by atoms with Crippen molar-refractivity contribution in [3.05, 3.63) is 74.8 Å². The predicted molar refractivity (Wildman–Crippen MR) is 113 cm³/mol. The van der Waals surface area contributed by atoms with Crippen LogP contribution in [0.15, 0.2) is 53.3 Å². The molecule has 0 spiro atoms. The van der Waals surface area contributed by atoms with Crippen molar-refractivity contribution in [3.63, 3.8) is 0 Å². The Morgan fingerprint density at radius 3 is 2.66 bits per heavy atom.